The monoisotopic (exact) mass is 447 g/mol. The number of anilines is 2. The molecule has 0 saturated carbocycles. The Bertz CT molecular complexity index is 1310. The van der Waals surface area contributed by atoms with Crippen LogP contribution in [0.25, 0.3) is 16.9 Å². The second kappa shape index (κ2) is 7.55. The van der Waals surface area contributed by atoms with Crippen molar-refractivity contribution in [2.24, 2.45) is 0 Å². The molecule has 0 radical (unpaired) electrons. The number of benzene rings is 2. The zero-order valence-electron chi connectivity index (χ0n) is 14.9. The van der Waals surface area contributed by atoms with Crippen LogP contribution < -0.4 is 10.5 Å². The Morgan fingerprint density at radius 3 is 2.55 bits per heavy atom. The fourth-order valence-corrected chi connectivity index (χ4v) is 4.52. The van der Waals surface area contributed by atoms with Gasteiger partial charge in [-0.3, -0.25) is 4.72 Å². The number of sulfonamides is 1. The SMILES string of the molecule is Nc1ccnc2c(CCl)c(-c3ccc(NS(=O)(=O)c4ccccc4)cc3Cl)nn12. The number of rotatable bonds is 5. The largest absolute Gasteiger partial charge is 0.384 e. The average Bonchev–Trinajstić information content (AvgIpc) is 3.08. The van der Waals surface area contributed by atoms with Gasteiger partial charge in [-0.05, 0) is 36.4 Å². The Morgan fingerprint density at radius 2 is 1.86 bits per heavy atom. The number of halogens is 2. The lowest BCUT2D eigenvalue weighted by Crippen LogP contribution is -2.12. The van der Waals surface area contributed by atoms with Gasteiger partial charge in [0.2, 0.25) is 0 Å². The number of alkyl halides is 1. The predicted molar refractivity (Wildman–Crippen MR) is 115 cm³/mol. The van der Waals surface area contributed by atoms with Crippen LogP contribution in [0.3, 0.4) is 0 Å². The van der Waals surface area contributed by atoms with Crippen molar-refractivity contribution in [1.29, 1.82) is 0 Å². The maximum Gasteiger partial charge on any atom is 0.261 e. The third-order valence-electron chi connectivity index (χ3n) is 4.31. The third kappa shape index (κ3) is 3.62. The molecule has 29 heavy (non-hydrogen) atoms. The summed E-state index contributed by atoms with van der Waals surface area (Å²) in [5, 5.41) is 4.80. The molecule has 0 aliphatic heterocycles. The molecule has 2 aromatic carbocycles. The number of aromatic nitrogens is 3. The Kier molecular flexibility index (Phi) is 5.08. The summed E-state index contributed by atoms with van der Waals surface area (Å²) < 4.78 is 29.0. The number of nitrogens with one attached hydrogen (secondary N) is 1. The van der Waals surface area contributed by atoms with Crippen LogP contribution in [0.1, 0.15) is 5.56 Å². The first-order chi connectivity index (χ1) is 13.9. The first kappa shape index (κ1) is 19.5. The first-order valence-corrected chi connectivity index (χ1v) is 10.9. The molecule has 4 rings (SSSR count). The van der Waals surface area contributed by atoms with E-state index in [2.05, 4.69) is 14.8 Å². The van der Waals surface area contributed by atoms with Crippen LogP contribution in [0.2, 0.25) is 5.02 Å². The zero-order chi connectivity index (χ0) is 20.6. The summed E-state index contributed by atoms with van der Waals surface area (Å²) in [7, 11) is -3.72. The van der Waals surface area contributed by atoms with Gasteiger partial charge in [-0.15, -0.1) is 11.6 Å². The van der Waals surface area contributed by atoms with Crippen LogP contribution in [0.4, 0.5) is 11.5 Å². The summed E-state index contributed by atoms with van der Waals surface area (Å²) >= 11 is 12.6. The van der Waals surface area contributed by atoms with E-state index in [1.807, 2.05) is 0 Å². The lowest BCUT2D eigenvalue weighted by molar-refractivity contribution is 0.601. The molecule has 0 saturated heterocycles. The fourth-order valence-electron chi connectivity index (χ4n) is 2.93. The van der Waals surface area contributed by atoms with Crippen molar-refractivity contribution >= 4 is 50.4 Å². The molecule has 0 bridgehead atoms. The first-order valence-electron chi connectivity index (χ1n) is 8.46. The van der Waals surface area contributed by atoms with E-state index in [4.69, 9.17) is 28.9 Å². The molecule has 0 unspecified atom stereocenters. The average molecular weight is 448 g/mol. The van der Waals surface area contributed by atoms with E-state index in [1.165, 1.54) is 22.7 Å². The van der Waals surface area contributed by atoms with Crippen molar-refractivity contribution in [3.05, 3.63) is 71.4 Å². The van der Waals surface area contributed by atoms with Gasteiger partial charge in [-0.2, -0.15) is 9.61 Å². The molecule has 3 N–H and O–H groups in total. The summed E-state index contributed by atoms with van der Waals surface area (Å²) in [5.74, 6) is 0.574. The lowest BCUT2D eigenvalue weighted by atomic mass is 10.1. The van der Waals surface area contributed by atoms with Gasteiger partial charge in [-0.1, -0.05) is 29.8 Å². The normalized spacial score (nSPS) is 11.7. The number of hydrogen-bond acceptors (Lipinski definition) is 5. The number of nitrogens with two attached hydrogens (primary N) is 1. The summed E-state index contributed by atoms with van der Waals surface area (Å²) in [6, 6.07) is 14.5. The van der Waals surface area contributed by atoms with Crippen LogP contribution >= 0.6 is 23.2 Å². The van der Waals surface area contributed by atoms with Crippen LogP contribution in [-0.2, 0) is 15.9 Å². The van der Waals surface area contributed by atoms with Gasteiger partial charge in [0.05, 0.1) is 21.5 Å². The van der Waals surface area contributed by atoms with Crippen molar-refractivity contribution in [1.82, 2.24) is 14.6 Å². The highest BCUT2D eigenvalue weighted by Gasteiger charge is 2.19. The molecule has 2 aromatic heterocycles. The fraction of sp³-hybridized carbons (Fsp3) is 0.0526. The van der Waals surface area contributed by atoms with Gasteiger partial charge < -0.3 is 5.73 Å². The molecular formula is C19H15Cl2N5O2S. The summed E-state index contributed by atoms with van der Waals surface area (Å²) in [6.07, 6.45) is 1.58. The van der Waals surface area contributed by atoms with E-state index in [-0.39, 0.29) is 10.8 Å². The molecule has 0 atom stereocenters. The predicted octanol–water partition coefficient (Wildman–Crippen LogP) is 4.17. The van der Waals surface area contributed by atoms with Crippen molar-refractivity contribution in [3.63, 3.8) is 0 Å². The van der Waals surface area contributed by atoms with Crippen molar-refractivity contribution in [2.75, 3.05) is 10.5 Å². The second-order valence-electron chi connectivity index (χ2n) is 6.18. The summed E-state index contributed by atoms with van der Waals surface area (Å²) in [4.78, 5) is 4.45. The molecule has 4 aromatic rings. The Labute approximate surface area is 177 Å². The van der Waals surface area contributed by atoms with Gasteiger partial charge in [-0.25, -0.2) is 13.4 Å². The van der Waals surface area contributed by atoms with Gasteiger partial charge in [0, 0.05) is 17.3 Å². The molecular weight excluding hydrogens is 433 g/mol. The van der Waals surface area contributed by atoms with E-state index in [0.29, 0.717) is 39.0 Å². The number of fused-ring (bicyclic) bond motifs is 1. The number of nitrogen functional groups attached to an aromatic ring is 1. The highest BCUT2D eigenvalue weighted by molar-refractivity contribution is 7.92. The smallest absolute Gasteiger partial charge is 0.261 e. The molecule has 2 heterocycles. The Balaban J connectivity index is 1.74. The minimum atomic E-state index is -3.72. The van der Waals surface area contributed by atoms with E-state index in [9.17, 15) is 8.42 Å². The van der Waals surface area contributed by atoms with Crippen LogP contribution in [-0.4, -0.2) is 23.0 Å². The Hall–Kier alpha value is -2.81. The number of hydrogen-bond donors (Lipinski definition) is 2. The highest BCUT2D eigenvalue weighted by atomic mass is 35.5. The quantitative estimate of drug-likeness (QED) is 0.446. The minimum absolute atomic E-state index is 0.159. The lowest BCUT2D eigenvalue weighted by Gasteiger charge is -2.10. The third-order valence-corrected chi connectivity index (χ3v) is 6.28. The Morgan fingerprint density at radius 1 is 1.10 bits per heavy atom. The van der Waals surface area contributed by atoms with Crippen LogP contribution in [0.15, 0.2) is 65.7 Å². The molecule has 0 spiro atoms. The molecule has 148 valence electrons. The van der Waals surface area contributed by atoms with Crippen molar-refractivity contribution < 1.29 is 8.42 Å². The highest BCUT2D eigenvalue weighted by Crippen LogP contribution is 2.34. The van der Waals surface area contributed by atoms with Gasteiger partial charge in [0.15, 0.2) is 5.65 Å². The summed E-state index contributed by atoms with van der Waals surface area (Å²) in [5.41, 5.74) is 8.64. The minimum Gasteiger partial charge on any atom is -0.384 e. The van der Waals surface area contributed by atoms with Gasteiger partial charge in [0.1, 0.15) is 11.5 Å². The van der Waals surface area contributed by atoms with Crippen molar-refractivity contribution in [3.8, 4) is 11.3 Å². The molecule has 0 fully saturated rings. The zero-order valence-corrected chi connectivity index (χ0v) is 17.2. The van der Waals surface area contributed by atoms with E-state index >= 15 is 0 Å². The van der Waals surface area contributed by atoms with E-state index in [0.717, 1.165) is 0 Å². The van der Waals surface area contributed by atoms with Crippen LogP contribution in [0, 0.1) is 0 Å². The summed E-state index contributed by atoms with van der Waals surface area (Å²) in [6.45, 7) is 0. The van der Waals surface area contributed by atoms with Crippen LogP contribution in [0.5, 0.6) is 0 Å². The maximum atomic E-state index is 12.5. The second-order valence-corrected chi connectivity index (χ2v) is 8.54. The van der Waals surface area contributed by atoms with Gasteiger partial charge >= 0.3 is 0 Å². The molecule has 7 nitrogen and oxygen atoms in total. The van der Waals surface area contributed by atoms with E-state index < -0.39 is 10.0 Å². The molecule has 0 amide bonds. The van der Waals surface area contributed by atoms with Crippen molar-refractivity contribution in [2.45, 2.75) is 10.8 Å². The maximum absolute atomic E-state index is 12.5. The topological polar surface area (TPSA) is 102 Å². The van der Waals surface area contributed by atoms with E-state index in [1.54, 1.807) is 42.6 Å². The molecule has 0 aliphatic carbocycles. The molecule has 10 heteroatoms. The standard InChI is InChI=1S/C19H15Cl2N5O2S/c20-11-15-18(24-26-17(22)8-9-23-19(15)26)14-7-6-12(10-16(14)21)25-29(27,28)13-4-2-1-3-5-13/h1-10,25H,11,22H2. The van der Waals surface area contributed by atoms with Gasteiger partial charge in [0.25, 0.3) is 10.0 Å². The number of nitrogens with zero attached hydrogens (tertiary/aromatic N) is 3. The molecule has 0 aliphatic rings.